The first kappa shape index (κ1) is 15.6. The van der Waals surface area contributed by atoms with E-state index in [1.807, 2.05) is 4.90 Å². The predicted molar refractivity (Wildman–Crippen MR) is 82.8 cm³/mol. The van der Waals surface area contributed by atoms with Gasteiger partial charge in [0.25, 0.3) is 5.91 Å². The van der Waals surface area contributed by atoms with Gasteiger partial charge in [0, 0.05) is 25.7 Å². The van der Waals surface area contributed by atoms with E-state index in [1.165, 1.54) is 0 Å². The summed E-state index contributed by atoms with van der Waals surface area (Å²) in [6.45, 7) is 7.20. The van der Waals surface area contributed by atoms with Crippen LogP contribution < -0.4 is 0 Å². The Morgan fingerprint density at radius 2 is 2.10 bits per heavy atom. The SMILES string of the molecule is CC(C)N(C)CC1CCN(C(=O)c2ccc(Br)o2)CC1. The summed E-state index contributed by atoms with van der Waals surface area (Å²) in [6.07, 6.45) is 2.15. The van der Waals surface area contributed by atoms with Gasteiger partial charge in [-0.1, -0.05) is 0 Å². The molecule has 1 aromatic heterocycles. The maximum atomic E-state index is 12.3. The highest BCUT2D eigenvalue weighted by atomic mass is 79.9. The summed E-state index contributed by atoms with van der Waals surface area (Å²) >= 11 is 3.23. The summed E-state index contributed by atoms with van der Waals surface area (Å²) in [7, 11) is 2.17. The van der Waals surface area contributed by atoms with Crippen LogP contribution in [0.5, 0.6) is 0 Å². The monoisotopic (exact) mass is 342 g/mol. The quantitative estimate of drug-likeness (QED) is 0.842. The van der Waals surface area contributed by atoms with E-state index in [1.54, 1.807) is 12.1 Å². The highest BCUT2D eigenvalue weighted by Crippen LogP contribution is 2.22. The van der Waals surface area contributed by atoms with Crippen molar-refractivity contribution in [2.75, 3.05) is 26.7 Å². The number of carbonyl (C=O) groups excluding carboxylic acids is 1. The topological polar surface area (TPSA) is 36.7 Å². The summed E-state index contributed by atoms with van der Waals surface area (Å²) in [5, 5.41) is 0. The summed E-state index contributed by atoms with van der Waals surface area (Å²) < 4.78 is 5.94. The van der Waals surface area contributed by atoms with Gasteiger partial charge in [0.1, 0.15) is 0 Å². The molecule has 1 aromatic rings. The molecule has 1 aliphatic rings. The molecule has 0 saturated carbocycles. The first-order valence-electron chi connectivity index (χ1n) is 7.22. The molecule has 0 aromatic carbocycles. The summed E-state index contributed by atoms with van der Waals surface area (Å²) in [5.74, 6) is 1.12. The highest BCUT2D eigenvalue weighted by molar-refractivity contribution is 9.10. The standard InChI is InChI=1S/C15H23BrN2O2/c1-11(2)17(3)10-12-6-8-18(9-7-12)15(19)13-4-5-14(16)20-13/h4-5,11-12H,6-10H2,1-3H3. The molecular weight excluding hydrogens is 320 g/mol. The van der Waals surface area contributed by atoms with Crippen LogP contribution in [-0.4, -0.2) is 48.4 Å². The van der Waals surface area contributed by atoms with Crippen LogP contribution in [-0.2, 0) is 0 Å². The molecule has 1 fully saturated rings. The van der Waals surface area contributed by atoms with Crippen molar-refractivity contribution in [2.45, 2.75) is 32.7 Å². The fourth-order valence-corrected chi connectivity index (χ4v) is 2.83. The van der Waals surface area contributed by atoms with Crippen molar-refractivity contribution in [3.05, 3.63) is 22.6 Å². The zero-order chi connectivity index (χ0) is 14.7. The van der Waals surface area contributed by atoms with Gasteiger partial charge < -0.3 is 14.2 Å². The summed E-state index contributed by atoms with van der Waals surface area (Å²) in [6, 6.07) is 4.07. The zero-order valence-corrected chi connectivity index (χ0v) is 14.0. The molecule has 20 heavy (non-hydrogen) atoms. The summed E-state index contributed by atoms with van der Waals surface area (Å²) in [5.41, 5.74) is 0. The lowest BCUT2D eigenvalue weighted by atomic mass is 9.95. The number of amides is 1. The first-order valence-corrected chi connectivity index (χ1v) is 8.01. The fraction of sp³-hybridized carbons (Fsp3) is 0.667. The van der Waals surface area contributed by atoms with E-state index in [0.717, 1.165) is 32.5 Å². The van der Waals surface area contributed by atoms with Crippen molar-refractivity contribution in [3.8, 4) is 0 Å². The van der Waals surface area contributed by atoms with E-state index in [2.05, 4.69) is 41.7 Å². The van der Waals surface area contributed by atoms with Crippen molar-refractivity contribution in [2.24, 2.45) is 5.92 Å². The smallest absolute Gasteiger partial charge is 0.289 e. The lowest BCUT2D eigenvalue weighted by Gasteiger charge is -2.34. The average molecular weight is 343 g/mol. The molecule has 4 nitrogen and oxygen atoms in total. The van der Waals surface area contributed by atoms with Gasteiger partial charge in [0.15, 0.2) is 10.4 Å². The van der Waals surface area contributed by atoms with Crippen molar-refractivity contribution in [1.82, 2.24) is 9.80 Å². The number of furan rings is 1. The van der Waals surface area contributed by atoms with Gasteiger partial charge >= 0.3 is 0 Å². The van der Waals surface area contributed by atoms with Crippen LogP contribution in [0.25, 0.3) is 0 Å². The minimum absolute atomic E-state index is 0.00589. The van der Waals surface area contributed by atoms with Crippen LogP contribution in [0.1, 0.15) is 37.2 Å². The molecule has 0 bridgehead atoms. The molecule has 2 rings (SSSR count). The van der Waals surface area contributed by atoms with Crippen LogP contribution in [0.2, 0.25) is 0 Å². The van der Waals surface area contributed by atoms with E-state index in [9.17, 15) is 4.79 Å². The third kappa shape index (κ3) is 3.85. The molecule has 112 valence electrons. The van der Waals surface area contributed by atoms with Crippen LogP contribution in [0.15, 0.2) is 21.2 Å². The Bertz CT molecular complexity index is 450. The maximum absolute atomic E-state index is 12.3. The number of piperidine rings is 1. The molecule has 1 aliphatic heterocycles. The lowest BCUT2D eigenvalue weighted by Crippen LogP contribution is -2.42. The zero-order valence-electron chi connectivity index (χ0n) is 12.4. The van der Waals surface area contributed by atoms with Crippen molar-refractivity contribution in [1.29, 1.82) is 0 Å². The van der Waals surface area contributed by atoms with Crippen molar-refractivity contribution in [3.63, 3.8) is 0 Å². The maximum Gasteiger partial charge on any atom is 0.289 e. The Kier molecular flexibility index (Phi) is 5.27. The second kappa shape index (κ2) is 6.76. The fourth-order valence-electron chi connectivity index (χ4n) is 2.52. The van der Waals surface area contributed by atoms with Gasteiger partial charge in [-0.3, -0.25) is 4.79 Å². The highest BCUT2D eigenvalue weighted by Gasteiger charge is 2.26. The Morgan fingerprint density at radius 3 is 2.60 bits per heavy atom. The van der Waals surface area contributed by atoms with E-state index in [-0.39, 0.29) is 5.91 Å². The molecule has 0 N–H and O–H groups in total. The molecule has 1 amide bonds. The largest absolute Gasteiger partial charge is 0.444 e. The molecular formula is C15H23BrN2O2. The number of halogens is 1. The lowest BCUT2D eigenvalue weighted by molar-refractivity contribution is 0.0634. The normalized spacial score (nSPS) is 17.2. The third-order valence-corrected chi connectivity index (χ3v) is 4.54. The predicted octanol–water partition coefficient (Wildman–Crippen LogP) is 3.23. The van der Waals surface area contributed by atoms with Crippen LogP contribution in [0.3, 0.4) is 0 Å². The minimum Gasteiger partial charge on any atom is -0.444 e. The van der Waals surface area contributed by atoms with Crippen LogP contribution in [0, 0.1) is 5.92 Å². The number of likely N-dealkylation sites (tertiary alicyclic amines) is 1. The number of rotatable bonds is 4. The van der Waals surface area contributed by atoms with Crippen molar-refractivity contribution >= 4 is 21.8 Å². The van der Waals surface area contributed by atoms with Gasteiger partial charge in [0.2, 0.25) is 0 Å². The number of carbonyl (C=O) groups is 1. The summed E-state index contributed by atoms with van der Waals surface area (Å²) in [4.78, 5) is 16.5. The second-order valence-electron chi connectivity index (χ2n) is 5.87. The number of hydrogen-bond donors (Lipinski definition) is 0. The Labute approximate surface area is 129 Å². The van der Waals surface area contributed by atoms with Gasteiger partial charge in [0.05, 0.1) is 0 Å². The van der Waals surface area contributed by atoms with Gasteiger partial charge in [-0.2, -0.15) is 0 Å². The Balaban J connectivity index is 1.83. The van der Waals surface area contributed by atoms with Crippen LogP contribution in [0.4, 0.5) is 0 Å². The Morgan fingerprint density at radius 1 is 1.45 bits per heavy atom. The van der Waals surface area contributed by atoms with Crippen molar-refractivity contribution < 1.29 is 9.21 Å². The molecule has 0 aliphatic carbocycles. The van der Waals surface area contributed by atoms with Gasteiger partial charge in [-0.25, -0.2) is 0 Å². The molecule has 0 spiro atoms. The van der Waals surface area contributed by atoms with E-state index in [0.29, 0.717) is 22.4 Å². The number of nitrogens with zero attached hydrogens (tertiary/aromatic N) is 2. The first-order chi connectivity index (χ1) is 9.47. The van der Waals surface area contributed by atoms with E-state index >= 15 is 0 Å². The molecule has 0 radical (unpaired) electrons. The molecule has 2 heterocycles. The Hall–Kier alpha value is -0.810. The minimum atomic E-state index is 0.00589. The van der Waals surface area contributed by atoms with Gasteiger partial charge in [-0.15, -0.1) is 0 Å². The van der Waals surface area contributed by atoms with E-state index in [4.69, 9.17) is 4.42 Å². The van der Waals surface area contributed by atoms with E-state index < -0.39 is 0 Å². The van der Waals surface area contributed by atoms with Crippen LogP contribution >= 0.6 is 15.9 Å². The average Bonchev–Trinajstić information content (AvgIpc) is 2.85. The molecule has 1 saturated heterocycles. The molecule has 0 atom stereocenters. The third-order valence-electron chi connectivity index (χ3n) is 4.11. The molecule has 5 heteroatoms. The van der Waals surface area contributed by atoms with Gasteiger partial charge in [-0.05, 0) is 67.7 Å². The second-order valence-corrected chi connectivity index (χ2v) is 6.65. The molecule has 0 unspecified atom stereocenters. The number of hydrogen-bond acceptors (Lipinski definition) is 3.